The molecule has 2 aromatic carbocycles. The van der Waals surface area contributed by atoms with Crippen LogP contribution in [0.5, 0.6) is 0 Å². The highest BCUT2D eigenvalue weighted by Crippen LogP contribution is 2.32. The molecule has 1 saturated heterocycles. The van der Waals surface area contributed by atoms with Crippen molar-refractivity contribution in [3.63, 3.8) is 0 Å². The molecule has 1 aromatic heterocycles. The van der Waals surface area contributed by atoms with Crippen LogP contribution in [0, 0.1) is 0 Å². The van der Waals surface area contributed by atoms with Gasteiger partial charge in [-0.15, -0.1) is 10.2 Å². The molecule has 2 heterocycles. The molecule has 0 bridgehead atoms. The Labute approximate surface area is 184 Å². The van der Waals surface area contributed by atoms with Crippen molar-refractivity contribution in [2.45, 2.75) is 30.6 Å². The van der Waals surface area contributed by atoms with Gasteiger partial charge < -0.3 is 0 Å². The summed E-state index contributed by atoms with van der Waals surface area (Å²) in [5, 5.41) is 11.6. The molecule has 0 saturated carbocycles. The summed E-state index contributed by atoms with van der Waals surface area (Å²) < 4.78 is 27.2. The van der Waals surface area contributed by atoms with Crippen molar-refractivity contribution in [2.24, 2.45) is 0 Å². The largest absolute Gasteiger partial charge is 0.296 e. The number of carbonyl (C=O) groups is 2. The zero-order chi connectivity index (χ0) is 22.0. The van der Waals surface area contributed by atoms with Gasteiger partial charge in [0.25, 0.3) is 15.9 Å². The summed E-state index contributed by atoms with van der Waals surface area (Å²) in [5.74, 6) is -1.14. The first kappa shape index (κ1) is 21.1. The van der Waals surface area contributed by atoms with Gasteiger partial charge in [-0.3, -0.25) is 14.9 Å². The summed E-state index contributed by atoms with van der Waals surface area (Å²) in [6, 6.07) is 15.0. The van der Waals surface area contributed by atoms with Gasteiger partial charge in [0.2, 0.25) is 11.0 Å². The smallest absolute Gasteiger partial charge is 0.266 e. The van der Waals surface area contributed by atoms with Gasteiger partial charge in [-0.05, 0) is 30.2 Å². The molecule has 0 radical (unpaired) electrons. The third kappa shape index (κ3) is 4.35. The molecule has 1 aliphatic heterocycles. The highest BCUT2D eigenvalue weighted by molar-refractivity contribution is 7.89. The van der Waals surface area contributed by atoms with Gasteiger partial charge in [0.15, 0.2) is 0 Å². The Balaban J connectivity index is 1.55. The first-order valence-corrected chi connectivity index (χ1v) is 12.0. The van der Waals surface area contributed by atoms with E-state index in [1.54, 1.807) is 0 Å². The second-order valence-corrected chi connectivity index (χ2v) is 10.0. The second-order valence-electron chi connectivity index (χ2n) is 7.08. The normalized spacial score (nSPS) is 16.5. The third-order valence-electron chi connectivity index (χ3n) is 5.03. The molecule has 160 valence electrons. The molecule has 1 fully saturated rings. The standard InChI is InChI=1S/C21H20N4O4S2/c1-2-18-23-24-21(30-18)22-20(27)15-9-6-10-17(11-15)31(28,29)25-13-16(12-19(25)26)14-7-4-3-5-8-14/h3-11,16H,2,12-13H2,1H3,(H,22,24,27)/t16-/m1/s1. The van der Waals surface area contributed by atoms with Gasteiger partial charge in [0, 0.05) is 24.4 Å². The van der Waals surface area contributed by atoms with Gasteiger partial charge >= 0.3 is 0 Å². The van der Waals surface area contributed by atoms with Crippen LogP contribution in [0.2, 0.25) is 0 Å². The van der Waals surface area contributed by atoms with Crippen LogP contribution in [0.25, 0.3) is 0 Å². The van der Waals surface area contributed by atoms with E-state index in [0.29, 0.717) is 11.6 Å². The molecule has 1 aliphatic rings. The Kier molecular flexibility index (Phi) is 5.84. The maximum atomic E-state index is 13.2. The van der Waals surface area contributed by atoms with Crippen molar-refractivity contribution in [3.05, 3.63) is 70.7 Å². The van der Waals surface area contributed by atoms with Gasteiger partial charge in [0.1, 0.15) is 5.01 Å². The maximum absolute atomic E-state index is 13.2. The first-order chi connectivity index (χ1) is 14.9. The number of amides is 2. The van der Waals surface area contributed by atoms with Crippen LogP contribution in [0.3, 0.4) is 0 Å². The van der Waals surface area contributed by atoms with Gasteiger partial charge in [0.05, 0.1) is 4.90 Å². The fourth-order valence-corrected chi connectivity index (χ4v) is 5.58. The average Bonchev–Trinajstić information content (AvgIpc) is 3.41. The fourth-order valence-electron chi connectivity index (χ4n) is 3.40. The minimum atomic E-state index is -4.08. The molecule has 8 nitrogen and oxygen atoms in total. The molecular weight excluding hydrogens is 436 g/mol. The van der Waals surface area contributed by atoms with E-state index in [4.69, 9.17) is 0 Å². The van der Waals surface area contributed by atoms with Crippen molar-refractivity contribution in [3.8, 4) is 0 Å². The number of nitrogens with one attached hydrogen (secondary N) is 1. The zero-order valence-corrected chi connectivity index (χ0v) is 18.3. The van der Waals surface area contributed by atoms with E-state index in [0.717, 1.165) is 14.9 Å². The molecule has 10 heteroatoms. The third-order valence-corrected chi connectivity index (χ3v) is 7.80. The van der Waals surface area contributed by atoms with E-state index in [1.165, 1.54) is 35.6 Å². The highest BCUT2D eigenvalue weighted by Gasteiger charge is 2.39. The topological polar surface area (TPSA) is 109 Å². The van der Waals surface area contributed by atoms with Crippen LogP contribution in [-0.4, -0.2) is 41.3 Å². The molecule has 0 unspecified atom stereocenters. The van der Waals surface area contributed by atoms with Crippen LogP contribution >= 0.6 is 11.3 Å². The van der Waals surface area contributed by atoms with Crippen LogP contribution in [0.4, 0.5) is 5.13 Å². The quantitative estimate of drug-likeness (QED) is 0.611. The predicted octanol–water partition coefficient (Wildman–Crippen LogP) is 3.06. The highest BCUT2D eigenvalue weighted by atomic mass is 32.2. The van der Waals surface area contributed by atoms with Crippen molar-refractivity contribution >= 4 is 38.3 Å². The zero-order valence-electron chi connectivity index (χ0n) is 16.7. The van der Waals surface area contributed by atoms with Crippen molar-refractivity contribution < 1.29 is 18.0 Å². The summed E-state index contributed by atoms with van der Waals surface area (Å²) in [6.07, 6.45) is 0.829. The number of carbonyl (C=O) groups excluding carboxylic acids is 2. The Bertz CT molecular complexity index is 1220. The van der Waals surface area contributed by atoms with Gasteiger partial charge in [-0.25, -0.2) is 12.7 Å². The van der Waals surface area contributed by atoms with Crippen molar-refractivity contribution in [1.29, 1.82) is 0 Å². The van der Waals surface area contributed by atoms with E-state index < -0.39 is 21.8 Å². The average molecular weight is 457 g/mol. The fraction of sp³-hybridized carbons (Fsp3) is 0.238. The molecule has 1 atom stereocenters. The number of aromatic nitrogens is 2. The molecule has 0 spiro atoms. The summed E-state index contributed by atoms with van der Waals surface area (Å²) in [5.41, 5.74) is 1.07. The first-order valence-electron chi connectivity index (χ1n) is 9.73. The van der Waals surface area contributed by atoms with E-state index in [9.17, 15) is 18.0 Å². The lowest BCUT2D eigenvalue weighted by molar-refractivity contribution is -0.123. The Hall–Kier alpha value is -3.11. The summed E-state index contributed by atoms with van der Waals surface area (Å²) in [7, 11) is -4.08. The van der Waals surface area contributed by atoms with Gasteiger partial charge in [-0.1, -0.05) is 54.7 Å². The van der Waals surface area contributed by atoms with Crippen LogP contribution in [0.1, 0.15) is 40.2 Å². The number of benzene rings is 2. The molecule has 4 rings (SSSR count). The SMILES string of the molecule is CCc1nnc(NC(=O)c2cccc(S(=O)(=O)N3C[C@H](c4ccccc4)CC3=O)c2)s1. The monoisotopic (exact) mass is 456 g/mol. The molecule has 31 heavy (non-hydrogen) atoms. The lowest BCUT2D eigenvalue weighted by atomic mass is 9.99. The minimum Gasteiger partial charge on any atom is -0.296 e. The van der Waals surface area contributed by atoms with E-state index in [2.05, 4.69) is 15.5 Å². The number of nitrogens with zero attached hydrogens (tertiary/aromatic N) is 3. The minimum absolute atomic E-state index is 0.0756. The summed E-state index contributed by atoms with van der Waals surface area (Å²) in [4.78, 5) is 25.0. The molecule has 2 amide bonds. The molecule has 0 aliphatic carbocycles. The van der Waals surface area contributed by atoms with Crippen molar-refractivity contribution in [2.75, 3.05) is 11.9 Å². The summed E-state index contributed by atoms with van der Waals surface area (Å²) in [6.45, 7) is 2.01. The number of aryl methyl sites for hydroxylation is 1. The number of sulfonamides is 1. The lowest BCUT2D eigenvalue weighted by Gasteiger charge is -2.17. The summed E-state index contributed by atoms with van der Waals surface area (Å²) >= 11 is 1.26. The van der Waals surface area contributed by atoms with Gasteiger partial charge in [-0.2, -0.15) is 0 Å². The lowest BCUT2D eigenvalue weighted by Crippen LogP contribution is -2.32. The van der Waals surface area contributed by atoms with Crippen molar-refractivity contribution in [1.82, 2.24) is 14.5 Å². The molecule has 1 N–H and O–H groups in total. The maximum Gasteiger partial charge on any atom is 0.266 e. The predicted molar refractivity (Wildman–Crippen MR) is 116 cm³/mol. The number of hydrogen-bond donors (Lipinski definition) is 1. The van der Waals surface area contributed by atoms with Crippen LogP contribution < -0.4 is 5.32 Å². The molecule has 3 aromatic rings. The van der Waals surface area contributed by atoms with Crippen LogP contribution in [0.15, 0.2) is 59.5 Å². The molecular formula is C21H20N4O4S2. The number of rotatable bonds is 6. The van der Waals surface area contributed by atoms with Crippen LogP contribution in [-0.2, 0) is 21.2 Å². The Morgan fingerprint density at radius 2 is 1.94 bits per heavy atom. The number of hydrogen-bond acceptors (Lipinski definition) is 7. The van der Waals surface area contributed by atoms with E-state index in [-0.39, 0.29) is 29.3 Å². The Morgan fingerprint density at radius 3 is 2.65 bits per heavy atom. The number of anilines is 1. The second kappa shape index (κ2) is 8.56. The van der Waals surface area contributed by atoms with E-state index >= 15 is 0 Å². The Morgan fingerprint density at radius 1 is 1.16 bits per heavy atom. The van der Waals surface area contributed by atoms with E-state index in [1.807, 2.05) is 37.3 Å².